The van der Waals surface area contributed by atoms with Crippen molar-refractivity contribution in [1.82, 2.24) is 4.90 Å². The molecule has 3 nitrogen and oxygen atoms in total. The van der Waals surface area contributed by atoms with Crippen LogP contribution in [0.2, 0.25) is 0 Å². The van der Waals surface area contributed by atoms with E-state index in [0.717, 1.165) is 31.7 Å². The second-order valence-electron chi connectivity index (χ2n) is 10.3. The minimum Gasteiger partial charge on any atom is -0.497 e. The second kappa shape index (κ2) is 18.1. The van der Waals surface area contributed by atoms with Gasteiger partial charge in [-0.15, -0.1) is 24.6 Å². The molecule has 0 N–H and O–H groups in total. The number of carbonyl (C=O) groups excluding carboxylic acids is 1. The van der Waals surface area contributed by atoms with Crippen LogP contribution in [0.15, 0.2) is 77.7 Å². The standard InChI is InChI=1S/C25H33NO.C10H12OS.C2H2/c1-5-7-25(23-9-8-19(3)20(6-2)18-23)26-16-14-22(15-17-26)21-10-12-24(27-4)13-11-21;1-8-5-3-4-6-10(8)12-7-9(2)11;1-2/h7-13,18,22H,5-6,14-17H2,1-4H3;3-6H,7H2,1-2H3;1-2H. The molecular weight excluding hydrogens is 522 g/mol. The Morgan fingerprint density at radius 2 is 1.63 bits per heavy atom. The number of terminal acetylenes is 1. The van der Waals surface area contributed by atoms with Crippen LogP contribution in [0.1, 0.15) is 73.8 Å². The Morgan fingerprint density at radius 3 is 2.20 bits per heavy atom. The third-order valence-corrected chi connectivity index (χ3v) is 8.69. The fraction of sp³-hybridized carbons (Fsp3) is 0.378. The van der Waals surface area contributed by atoms with Crippen molar-refractivity contribution in [1.29, 1.82) is 0 Å². The second-order valence-corrected chi connectivity index (χ2v) is 11.3. The summed E-state index contributed by atoms with van der Waals surface area (Å²) in [6.07, 6.45) is 15.0. The number of Topliss-reactive ketones (excluding diaryl/α,β-unsaturated/α-hetero) is 1. The van der Waals surface area contributed by atoms with Crippen LogP contribution in [0, 0.1) is 26.7 Å². The number of thioether (sulfide) groups is 1. The maximum Gasteiger partial charge on any atom is 0.140 e. The number of piperidine rings is 1. The summed E-state index contributed by atoms with van der Waals surface area (Å²) in [4.78, 5) is 14.5. The predicted octanol–water partition coefficient (Wildman–Crippen LogP) is 9.12. The first-order valence-corrected chi connectivity index (χ1v) is 15.5. The third kappa shape index (κ3) is 10.5. The molecule has 1 aliphatic heterocycles. The molecule has 0 bridgehead atoms. The smallest absolute Gasteiger partial charge is 0.140 e. The zero-order valence-electron chi connectivity index (χ0n) is 25.8. The van der Waals surface area contributed by atoms with E-state index in [0.29, 0.717) is 11.7 Å². The molecular formula is C37H47NO2S. The van der Waals surface area contributed by atoms with Gasteiger partial charge in [0.15, 0.2) is 0 Å². The maximum atomic E-state index is 10.7. The van der Waals surface area contributed by atoms with Gasteiger partial charge in [0.25, 0.3) is 0 Å². The van der Waals surface area contributed by atoms with Gasteiger partial charge in [0.05, 0.1) is 12.9 Å². The topological polar surface area (TPSA) is 29.5 Å². The van der Waals surface area contributed by atoms with Crippen molar-refractivity contribution in [2.75, 3.05) is 26.0 Å². The lowest BCUT2D eigenvalue weighted by Gasteiger charge is -2.36. The van der Waals surface area contributed by atoms with Gasteiger partial charge in [0.2, 0.25) is 0 Å². The first-order valence-electron chi connectivity index (χ1n) is 14.6. The number of hydrogen-bond acceptors (Lipinski definition) is 4. The fourth-order valence-electron chi connectivity index (χ4n) is 5.06. The van der Waals surface area contributed by atoms with E-state index in [2.05, 4.69) is 100 Å². The summed E-state index contributed by atoms with van der Waals surface area (Å²) >= 11 is 1.61. The number of aryl methyl sites for hydroxylation is 3. The highest BCUT2D eigenvalue weighted by Crippen LogP contribution is 2.33. The lowest BCUT2D eigenvalue weighted by Crippen LogP contribution is -2.31. The molecule has 0 aliphatic carbocycles. The van der Waals surface area contributed by atoms with Crippen LogP contribution >= 0.6 is 11.8 Å². The third-order valence-electron chi connectivity index (χ3n) is 7.37. The summed E-state index contributed by atoms with van der Waals surface area (Å²) in [5, 5.41) is 0. The van der Waals surface area contributed by atoms with Crippen LogP contribution in [0.25, 0.3) is 5.70 Å². The van der Waals surface area contributed by atoms with Crippen molar-refractivity contribution in [3.05, 3.63) is 101 Å². The van der Waals surface area contributed by atoms with Crippen molar-refractivity contribution in [3.63, 3.8) is 0 Å². The molecule has 0 unspecified atom stereocenters. The zero-order valence-corrected chi connectivity index (χ0v) is 26.6. The SMILES string of the molecule is C#C.CC(=O)CSc1ccccc1C.CCC=C(c1ccc(C)c(CC)c1)N1CCC(c2ccc(OC)cc2)CC1. The monoisotopic (exact) mass is 569 g/mol. The number of benzene rings is 3. The van der Waals surface area contributed by atoms with Crippen molar-refractivity contribution in [2.45, 2.75) is 71.1 Å². The van der Waals surface area contributed by atoms with Crippen LogP contribution in [-0.4, -0.2) is 36.6 Å². The highest BCUT2D eigenvalue weighted by molar-refractivity contribution is 8.00. The van der Waals surface area contributed by atoms with E-state index in [1.54, 1.807) is 25.8 Å². The number of carbonyl (C=O) groups is 1. The Kier molecular flexibility index (Phi) is 14.9. The van der Waals surface area contributed by atoms with Crippen molar-refractivity contribution in [3.8, 4) is 18.6 Å². The van der Waals surface area contributed by atoms with E-state index in [1.807, 2.05) is 18.2 Å². The quantitative estimate of drug-likeness (QED) is 0.190. The molecule has 41 heavy (non-hydrogen) atoms. The normalized spacial score (nSPS) is 13.4. The Bertz CT molecular complexity index is 1270. The molecule has 3 aromatic carbocycles. The fourth-order valence-corrected chi connectivity index (χ4v) is 5.89. The number of likely N-dealkylation sites (tertiary alicyclic amines) is 1. The summed E-state index contributed by atoms with van der Waals surface area (Å²) in [7, 11) is 1.73. The van der Waals surface area contributed by atoms with E-state index < -0.39 is 0 Å². The lowest BCUT2D eigenvalue weighted by molar-refractivity contribution is -0.114. The highest BCUT2D eigenvalue weighted by atomic mass is 32.2. The van der Waals surface area contributed by atoms with E-state index in [1.165, 1.54) is 51.3 Å². The molecule has 1 fully saturated rings. The molecule has 4 heteroatoms. The number of allylic oxidation sites excluding steroid dienone is 1. The van der Waals surface area contributed by atoms with Crippen molar-refractivity contribution in [2.24, 2.45) is 0 Å². The number of rotatable bonds is 9. The number of methoxy groups -OCH3 is 1. The van der Waals surface area contributed by atoms with Gasteiger partial charge in [-0.2, -0.15) is 0 Å². The minimum atomic E-state index is 0.225. The Hall–Kier alpha value is -3.42. The first-order chi connectivity index (χ1) is 19.9. The average Bonchev–Trinajstić information content (AvgIpc) is 3.01. The number of nitrogens with zero attached hydrogens (tertiary/aromatic N) is 1. The number of ketones is 1. The molecule has 0 amide bonds. The molecule has 0 aromatic heterocycles. The summed E-state index contributed by atoms with van der Waals surface area (Å²) in [5.41, 5.74) is 8.34. The molecule has 0 saturated carbocycles. The van der Waals surface area contributed by atoms with Crippen LogP contribution < -0.4 is 4.74 Å². The number of hydrogen-bond donors (Lipinski definition) is 0. The molecule has 1 heterocycles. The van der Waals surface area contributed by atoms with Crippen LogP contribution in [0.4, 0.5) is 0 Å². The molecule has 0 radical (unpaired) electrons. The van der Waals surface area contributed by atoms with Gasteiger partial charge in [0, 0.05) is 23.7 Å². The van der Waals surface area contributed by atoms with Gasteiger partial charge in [-0.05, 0) is 104 Å². The van der Waals surface area contributed by atoms with E-state index in [-0.39, 0.29) is 5.78 Å². The molecule has 1 aliphatic rings. The molecule has 1 saturated heterocycles. The summed E-state index contributed by atoms with van der Waals surface area (Å²) < 4.78 is 5.29. The largest absolute Gasteiger partial charge is 0.497 e. The maximum absolute atomic E-state index is 10.7. The molecule has 3 aromatic rings. The minimum absolute atomic E-state index is 0.225. The predicted molar refractivity (Wildman–Crippen MR) is 178 cm³/mol. The van der Waals surface area contributed by atoms with Gasteiger partial charge < -0.3 is 9.64 Å². The van der Waals surface area contributed by atoms with Crippen molar-refractivity contribution >= 4 is 23.2 Å². The Balaban J connectivity index is 0.000000352. The lowest BCUT2D eigenvalue weighted by atomic mass is 9.88. The average molecular weight is 570 g/mol. The van der Waals surface area contributed by atoms with Gasteiger partial charge in [-0.25, -0.2) is 0 Å². The number of ether oxygens (including phenoxy) is 1. The van der Waals surface area contributed by atoms with Crippen LogP contribution in [0.3, 0.4) is 0 Å². The molecule has 0 atom stereocenters. The Morgan fingerprint density at radius 1 is 0.976 bits per heavy atom. The first kappa shape index (κ1) is 33.8. The van der Waals surface area contributed by atoms with Crippen molar-refractivity contribution < 1.29 is 9.53 Å². The van der Waals surface area contributed by atoms with E-state index >= 15 is 0 Å². The zero-order chi connectivity index (χ0) is 30.2. The molecule has 4 rings (SSSR count). The highest BCUT2D eigenvalue weighted by Gasteiger charge is 2.23. The van der Waals surface area contributed by atoms with Gasteiger partial charge in [-0.3, -0.25) is 4.79 Å². The van der Waals surface area contributed by atoms with Crippen LogP contribution in [-0.2, 0) is 11.2 Å². The van der Waals surface area contributed by atoms with Crippen LogP contribution in [0.5, 0.6) is 5.75 Å². The van der Waals surface area contributed by atoms with E-state index in [4.69, 9.17) is 4.74 Å². The molecule has 218 valence electrons. The molecule has 0 spiro atoms. The van der Waals surface area contributed by atoms with Gasteiger partial charge >= 0.3 is 0 Å². The van der Waals surface area contributed by atoms with Gasteiger partial charge in [-0.1, -0.05) is 62.4 Å². The Labute approximate surface area is 253 Å². The van der Waals surface area contributed by atoms with E-state index in [9.17, 15) is 4.79 Å². The summed E-state index contributed by atoms with van der Waals surface area (Å²) in [6.45, 7) is 12.6. The summed E-state index contributed by atoms with van der Waals surface area (Å²) in [6, 6.07) is 23.7. The summed E-state index contributed by atoms with van der Waals surface area (Å²) in [5.74, 6) is 2.39. The van der Waals surface area contributed by atoms with Gasteiger partial charge in [0.1, 0.15) is 11.5 Å².